The largest absolute Gasteiger partial charge is 0.497 e. The van der Waals surface area contributed by atoms with Gasteiger partial charge in [0.2, 0.25) is 0 Å². The molecule has 0 N–H and O–H groups in total. The highest BCUT2D eigenvalue weighted by molar-refractivity contribution is 5.93. The highest BCUT2D eigenvalue weighted by atomic mass is 16.5. The van der Waals surface area contributed by atoms with Crippen molar-refractivity contribution >= 4 is 16.9 Å². The van der Waals surface area contributed by atoms with Crippen LogP contribution in [0.25, 0.3) is 22.1 Å². The summed E-state index contributed by atoms with van der Waals surface area (Å²) >= 11 is 0. The van der Waals surface area contributed by atoms with Gasteiger partial charge in [-0.2, -0.15) is 0 Å². The van der Waals surface area contributed by atoms with E-state index in [-0.39, 0.29) is 5.75 Å². The van der Waals surface area contributed by atoms with E-state index in [1.165, 1.54) is 26.4 Å². The van der Waals surface area contributed by atoms with Gasteiger partial charge in [-0.1, -0.05) is 12.1 Å². The molecule has 7 heteroatoms. The van der Waals surface area contributed by atoms with Crippen LogP contribution in [-0.4, -0.2) is 27.3 Å². The molecule has 1 aromatic heterocycles. The topological polar surface area (TPSA) is 84.2 Å². The van der Waals surface area contributed by atoms with Crippen molar-refractivity contribution in [1.82, 2.24) is 0 Å². The summed E-state index contributed by atoms with van der Waals surface area (Å²) in [7, 11) is 4.59. The summed E-state index contributed by atoms with van der Waals surface area (Å²) in [6.07, 6.45) is 0. The Morgan fingerprint density at radius 1 is 0.788 bits per heavy atom. The number of methoxy groups -OCH3 is 3. The molecule has 0 amide bonds. The first kappa shape index (κ1) is 22.0. The van der Waals surface area contributed by atoms with Crippen LogP contribution in [-0.2, 0) is 0 Å². The molecule has 0 aliphatic heterocycles. The van der Waals surface area contributed by atoms with Crippen molar-refractivity contribution in [3.05, 3.63) is 82.2 Å². The predicted molar refractivity (Wildman–Crippen MR) is 124 cm³/mol. The fraction of sp³-hybridized carbons (Fsp3) is 0.154. The van der Waals surface area contributed by atoms with Gasteiger partial charge in [0, 0.05) is 11.5 Å². The maximum atomic E-state index is 12.8. The van der Waals surface area contributed by atoms with Crippen LogP contribution in [0.4, 0.5) is 0 Å². The van der Waals surface area contributed by atoms with Crippen molar-refractivity contribution in [2.75, 3.05) is 21.3 Å². The second kappa shape index (κ2) is 9.08. The lowest BCUT2D eigenvalue weighted by Gasteiger charge is -2.11. The van der Waals surface area contributed by atoms with Gasteiger partial charge in [-0.15, -0.1) is 0 Å². The van der Waals surface area contributed by atoms with Gasteiger partial charge in [0.15, 0.2) is 11.5 Å². The second-order valence-electron chi connectivity index (χ2n) is 7.24. The van der Waals surface area contributed by atoms with Crippen LogP contribution in [0.3, 0.4) is 0 Å². The summed E-state index contributed by atoms with van der Waals surface area (Å²) in [6.45, 7) is 1.86. The Bertz CT molecular complexity index is 1380. The maximum Gasteiger partial charge on any atom is 0.344 e. The van der Waals surface area contributed by atoms with Gasteiger partial charge >= 0.3 is 11.6 Å². The number of carbonyl (C=O) groups is 1. The van der Waals surface area contributed by atoms with Crippen molar-refractivity contribution in [3.8, 4) is 34.1 Å². The van der Waals surface area contributed by atoms with Gasteiger partial charge < -0.3 is 23.4 Å². The molecular weight excluding hydrogens is 424 g/mol. The third-order valence-corrected chi connectivity index (χ3v) is 5.35. The molecular formula is C26H22O7. The van der Waals surface area contributed by atoms with Crippen LogP contribution < -0.4 is 24.6 Å². The summed E-state index contributed by atoms with van der Waals surface area (Å²) in [6, 6.07) is 16.9. The molecule has 0 saturated carbocycles. The van der Waals surface area contributed by atoms with E-state index in [1.807, 2.05) is 19.1 Å². The Balaban J connectivity index is 1.66. The fourth-order valence-corrected chi connectivity index (χ4v) is 3.62. The van der Waals surface area contributed by atoms with E-state index >= 15 is 0 Å². The standard InChI is InChI=1S/C26H22O7/c1-15-20-11-10-19(32-25(27)17-7-12-21(30-3)23(13-17)31-4)14-22(20)33-26(28)24(15)16-5-8-18(29-2)9-6-16/h5-14H,1-4H3. The van der Waals surface area contributed by atoms with Gasteiger partial charge in [0.25, 0.3) is 0 Å². The molecule has 7 nitrogen and oxygen atoms in total. The average Bonchev–Trinajstić information content (AvgIpc) is 2.83. The minimum absolute atomic E-state index is 0.252. The molecule has 0 saturated heterocycles. The van der Waals surface area contributed by atoms with Crippen molar-refractivity contribution in [1.29, 1.82) is 0 Å². The monoisotopic (exact) mass is 446 g/mol. The predicted octanol–water partition coefficient (Wildman–Crippen LogP) is 5.01. The zero-order valence-electron chi connectivity index (χ0n) is 18.6. The lowest BCUT2D eigenvalue weighted by atomic mass is 9.99. The van der Waals surface area contributed by atoms with E-state index in [9.17, 15) is 9.59 Å². The average molecular weight is 446 g/mol. The van der Waals surface area contributed by atoms with Crippen molar-refractivity contribution < 1.29 is 28.2 Å². The number of aryl methyl sites for hydroxylation is 1. The SMILES string of the molecule is COc1ccc(-c2c(C)c3ccc(OC(=O)c4ccc(OC)c(OC)c4)cc3oc2=O)cc1. The van der Waals surface area contributed by atoms with Crippen LogP contribution in [0.1, 0.15) is 15.9 Å². The number of benzene rings is 3. The third-order valence-electron chi connectivity index (χ3n) is 5.35. The van der Waals surface area contributed by atoms with Crippen LogP contribution in [0.2, 0.25) is 0 Å². The van der Waals surface area contributed by atoms with Crippen molar-refractivity contribution in [2.45, 2.75) is 6.92 Å². The van der Waals surface area contributed by atoms with Crippen molar-refractivity contribution in [3.63, 3.8) is 0 Å². The molecule has 0 aliphatic rings. The number of fused-ring (bicyclic) bond motifs is 1. The molecule has 0 aliphatic carbocycles. The van der Waals surface area contributed by atoms with Crippen LogP contribution in [0.5, 0.6) is 23.0 Å². The zero-order valence-corrected chi connectivity index (χ0v) is 18.6. The summed E-state index contributed by atoms with van der Waals surface area (Å²) < 4.78 is 26.7. The van der Waals surface area contributed by atoms with Gasteiger partial charge in [-0.05, 0) is 60.5 Å². The number of hydrogen-bond donors (Lipinski definition) is 0. The number of carbonyl (C=O) groups excluding carboxylic acids is 1. The molecule has 3 aromatic carbocycles. The molecule has 0 spiro atoms. The van der Waals surface area contributed by atoms with E-state index in [2.05, 4.69) is 0 Å². The number of rotatable bonds is 6. The highest BCUT2D eigenvalue weighted by Crippen LogP contribution is 2.31. The molecule has 0 bridgehead atoms. The Hall–Kier alpha value is -4.26. The third kappa shape index (κ3) is 4.25. The second-order valence-corrected chi connectivity index (χ2v) is 7.24. The van der Waals surface area contributed by atoms with E-state index in [1.54, 1.807) is 43.5 Å². The van der Waals surface area contributed by atoms with E-state index in [0.717, 1.165) is 16.5 Å². The van der Waals surface area contributed by atoms with Gasteiger partial charge in [0.05, 0.1) is 32.5 Å². The molecule has 0 unspecified atom stereocenters. The normalized spacial score (nSPS) is 10.7. The molecule has 0 fully saturated rings. The maximum absolute atomic E-state index is 12.8. The molecule has 4 rings (SSSR count). The van der Waals surface area contributed by atoms with Crippen LogP contribution in [0, 0.1) is 6.92 Å². The summed E-state index contributed by atoms with van der Waals surface area (Å²) in [5.74, 6) is 1.29. The first-order chi connectivity index (χ1) is 15.9. The molecule has 1 heterocycles. The lowest BCUT2D eigenvalue weighted by Crippen LogP contribution is -2.09. The van der Waals surface area contributed by atoms with Crippen LogP contribution >= 0.6 is 0 Å². The van der Waals surface area contributed by atoms with E-state index < -0.39 is 11.6 Å². The number of esters is 1. The molecule has 4 aromatic rings. The molecule has 168 valence electrons. The Kier molecular flexibility index (Phi) is 6.04. The quantitative estimate of drug-likeness (QED) is 0.234. The van der Waals surface area contributed by atoms with E-state index in [0.29, 0.717) is 34.0 Å². The highest BCUT2D eigenvalue weighted by Gasteiger charge is 2.16. The Labute approximate surface area is 190 Å². The first-order valence-electron chi connectivity index (χ1n) is 10.1. The van der Waals surface area contributed by atoms with E-state index in [4.69, 9.17) is 23.4 Å². The van der Waals surface area contributed by atoms with Gasteiger partial charge in [-0.25, -0.2) is 9.59 Å². The van der Waals surface area contributed by atoms with Gasteiger partial charge in [-0.3, -0.25) is 0 Å². The zero-order chi connectivity index (χ0) is 23.5. The minimum Gasteiger partial charge on any atom is -0.497 e. The Morgan fingerprint density at radius 2 is 1.48 bits per heavy atom. The fourth-order valence-electron chi connectivity index (χ4n) is 3.62. The summed E-state index contributed by atoms with van der Waals surface area (Å²) in [5.41, 5.74) is 2.11. The van der Waals surface area contributed by atoms with Crippen molar-refractivity contribution in [2.24, 2.45) is 0 Å². The summed E-state index contributed by atoms with van der Waals surface area (Å²) in [4.78, 5) is 25.4. The smallest absolute Gasteiger partial charge is 0.344 e. The molecule has 33 heavy (non-hydrogen) atoms. The minimum atomic E-state index is -0.579. The molecule has 0 radical (unpaired) electrons. The summed E-state index contributed by atoms with van der Waals surface area (Å²) in [5, 5.41) is 0.742. The van der Waals surface area contributed by atoms with Crippen LogP contribution in [0.15, 0.2) is 69.9 Å². The first-order valence-corrected chi connectivity index (χ1v) is 10.1. The number of hydrogen-bond acceptors (Lipinski definition) is 7. The van der Waals surface area contributed by atoms with Gasteiger partial charge in [0.1, 0.15) is 17.1 Å². The molecule has 0 atom stereocenters. The lowest BCUT2D eigenvalue weighted by molar-refractivity contribution is 0.0734. The Morgan fingerprint density at radius 3 is 2.15 bits per heavy atom. The number of ether oxygens (including phenoxy) is 4.